The standard InChI is InChI=1S/C9H22OSi/c1-6-7-8-10-11(4,5)9(2)3/h9H,6-8H2,1-5H3. The lowest BCUT2D eigenvalue weighted by molar-refractivity contribution is 0.293. The average Bonchev–Trinajstić information content (AvgIpc) is 1.88. The van der Waals surface area contributed by atoms with Crippen LogP contribution in [-0.2, 0) is 4.43 Å². The van der Waals surface area contributed by atoms with Crippen LogP contribution >= 0.6 is 0 Å². The summed E-state index contributed by atoms with van der Waals surface area (Å²) in [5.74, 6) is 0. The predicted molar refractivity (Wildman–Crippen MR) is 53.4 cm³/mol. The average molecular weight is 174 g/mol. The van der Waals surface area contributed by atoms with E-state index >= 15 is 0 Å². The lowest BCUT2D eigenvalue weighted by atomic mass is 10.4. The molecule has 0 fully saturated rings. The van der Waals surface area contributed by atoms with Crippen LogP contribution in [0.25, 0.3) is 0 Å². The molecule has 0 rings (SSSR count). The molecule has 0 saturated carbocycles. The molecule has 0 aromatic rings. The highest BCUT2D eigenvalue weighted by Gasteiger charge is 2.26. The van der Waals surface area contributed by atoms with Crippen LogP contribution < -0.4 is 0 Å². The Bertz CT molecular complexity index is 99.7. The molecular weight excluding hydrogens is 152 g/mol. The number of rotatable bonds is 5. The van der Waals surface area contributed by atoms with Crippen LogP contribution in [-0.4, -0.2) is 14.9 Å². The minimum absolute atomic E-state index is 0.736. The monoisotopic (exact) mass is 174 g/mol. The zero-order valence-electron chi connectivity index (χ0n) is 8.61. The topological polar surface area (TPSA) is 9.23 Å². The molecule has 0 saturated heterocycles. The maximum absolute atomic E-state index is 5.87. The number of hydrogen-bond acceptors (Lipinski definition) is 1. The molecule has 0 aromatic carbocycles. The van der Waals surface area contributed by atoms with E-state index in [9.17, 15) is 0 Å². The molecule has 0 atom stereocenters. The zero-order valence-corrected chi connectivity index (χ0v) is 9.61. The Labute approximate surface area is 72.3 Å². The molecule has 68 valence electrons. The molecule has 11 heavy (non-hydrogen) atoms. The summed E-state index contributed by atoms with van der Waals surface area (Å²) in [5.41, 5.74) is 0.736. The summed E-state index contributed by atoms with van der Waals surface area (Å²) < 4.78 is 5.87. The zero-order chi connectivity index (χ0) is 8.91. The Morgan fingerprint density at radius 3 is 2.18 bits per heavy atom. The van der Waals surface area contributed by atoms with Gasteiger partial charge in [0.1, 0.15) is 0 Å². The molecule has 0 spiro atoms. The Balaban J connectivity index is 3.55. The Morgan fingerprint density at radius 2 is 1.82 bits per heavy atom. The molecule has 0 heterocycles. The summed E-state index contributed by atoms with van der Waals surface area (Å²) in [4.78, 5) is 0. The Hall–Kier alpha value is 0.177. The van der Waals surface area contributed by atoms with Gasteiger partial charge < -0.3 is 4.43 Å². The molecule has 1 nitrogen and oxygen atoms in total. The van der Waals surface area contributed by atoms with Gasteiger partial charge in [0.25, 0.3) is 0 Å². The van der Waals surface area contributed by atoms with Gasteiger partial charge >= 0.3 is 0 Å². The van der Waals surface area contributed by atoms with Crippen LogP contribution in [0.15, 0.2) is 0 Å². The van der Waals surface area contributed by atoms with Gasteiger partial charge in [0.15, 0.2) is 8.32 Å². The third-order valence-corrected chi connectivity index (χ3v) is 6.09. The summed E-state index contributed by atoms with van der Waals surface area (Å²) >= 11 is 0. The minimum atomic E-state index is -1.32. The van der Waals surface area contributed by atoms with Gasteiger partial charge in [-0.1, -0.05) is 27.2 Å². The molecular formula is C9H22OSi. The number of unbranched alkanes of at least 4 members (excludes halogenated alkanes) is 1. The molecule has 0 bridgehead atoms. The number of hydrogen-bond donors (Lipinski definition) is 0. The van der Waals surface area contributed by atoms with E-state index in [1.54, 1.807) is 0 Å². The van der Waals surface area contributed by atoms with Gasteiger partial charge in [0.05, 0.1) is 0 Å². The van der Waals surface area contributed by atoms with Gasteiger partial charge in [0, 0.05) is 6.61 Å². The molecule has 0 N–H and O–H groups in total. The van der Waals surface area contributed by atoms with Crippen LogP contribution in [0, 0.1) is 0 Å². The van der Waals surface area contributed by atoms with Crippen molar-refractivity contribution in [3.05, 3.63) is 0 Å². The second-order valence-corrected chi connectivity index (χ2v) is 8.61. The summed E-state index contributed by atoms with van der Waals surface area (Å²) in [5, 5.41) is 0. The van der Waals surface area contributed by atoms with Crippen molar-refractivity contribution >= 4 is 8.32 Å². The maximum atomic E-state index is 5.87. The molecule has 0 aromatic heterocycles. The molecule has 0 amide bonds. The van der Waals surface area contributed by atoms with E-state index in [-0.39, 0.29) is 0 Å². The van der Waals surface area contributed by atoms with Crippen LogP contribution in [0.4, 0.5) is 0 Å². The smallest absolute Gasteiger partial charge is 0.189 e. The van der Waals surface area contributed by atoms with E-state index in [1.165, 1.54) is 12.8 Å². The van der Waals surface area contributed by atoms with Gasteiger partial charge in [-0.3, -0.25) is 0 Å². The van der Waals surface area contributed by atoms with E-state index in [0.717, 1.165) is 12.1 Å². The van der Waals surface area contributed by atoms with Crippen molar-refractivity contribution in [2.45, 2.75) is 52.2 Å². The molecule has 0 radical (unpaired) electrons. The first-order chi connectivity index (χ1) is 5.00. The van der Waals surface area contributed by atoms with Crippen molar-refractivity contribution in [1.82, 2.24) is 0 Å². The van der Waals surface area contributed by atoms with E-state index in [4.69, 9.17) is 4.43 Å². The Morgan fingerprint density at radius 1 is 1.27 bits per heavy atom. The third-order valence-electron chi connectivity index (χ3n) is 2.36. The van der Waals surface area contributed by atoms with E-state index in [0.29, 0.717) is 0 Å². The van der Waals surface area contributed by atoms with Crippen molar-refractivity contribution in [2.24, 2.45) is 0 Å². The maximum Gasteiger partial charge on any atom is 0.189 e. The first-order valence-electron chi connectivity index (χ1n) is 4.64. The van der Waals surface area contributed by atoms with Crippen LogP contribution in [0.5, 0.6) is 0 Å². The van der Waals surface area contributed by atoms with Crippen LogP contribution in [0.3, 0.4) is 0 Å². The fraction of sp³-hybridized carbons (Fsp3) is 1.00. The van der Waals surface area contributed by atoms with Crippen LogP contribution in [0.1, 0.15) is 33.6 Å². The summed E-state index contributed by atoms with van der Waals surface area (Å²) in [6.07, 6.45) is 2.45. The third kappa shape index (κ3) is 4.59. The summed E-state index contributed by atoms with van der Waals surface area (Å²) in [6.45, 7) is 12.3. The summed E-state index contributed by atoms with van der Waals surface area (Å²) in [7, 11) is -1.32. The highest BCUT2D eigenvalue weighted by atomic mass is 28.4. The van der Waals surface area contributed by atoms with Gasteiger partial charge in [-0.15, -0.1) is 0 Å². The van der Waals surface area contributed by atoms with Crippen LogP contribution in [0.2, 0.25) is 18.6 Å². The predicted octanol–water partition coefficient (Wildman–Crippen LogP) is 3.42. The quantitative estimate of drug-likeness (QED) is 0.458. The second kappa shape index (κ2) is 4.94. The Kier molecular flexibility index (Phi) is 5.02. The fourth-order valence-corrected chi connectivity index (χ4v) is 1.65. The molecule has 2 heteroatoms. The highest BCUT2D eigenvalue weighted by molar-refractivity contribution is 6.72. The largest absolute Gasteiger partial charge is 0.417 e. The van der Waals surface area contributed by atoms with Gasteiger partial charge in [-0.2, -0.15) is 0 Å². The van der Waals surface area contributed by atoms with Gasteiger partial charge in [-0.05, 0) is 25.1 Å². The highest BCUT2D eigenvalue weighted by Crippen LogP contribution is 2.21. The molecule has 0 aliphatic rings. The minimum Gasteiger partial charge on any atom is -0.417 e. The lowest BCUT2D eigenvalue weighted by Gasteiger charge is -2.26. The van der Waals surface area contributed by atoms with E-state index in [2.05, 4.69) is 33.9 Å². The van der Waals surface area contributed by atoms with Crippen molar-refractivity contribution in [3.63, 3.8) is 0 Å². The van der Waals surface area contributed by atoms with Gasteiger partial charge in [0.2, 0.25) is 0 Å². The fourth-order valence-electron chi connectivity index (χ4n) is 0.646. The molecule has 0 unspecified atom stereocenters. The van der Waals surface area contributed by atoms with E-state index in [1.807, 2.05) is 0 Å². The van der Waals surface area contributed by atoms with Crippen molar-refractivity contribution in [3.8, 4) is 0 Å². The summed E-state index contributed by atoms with van der Waals surface area (Å²) in [6, 6.07) is 0. The van der Waals surface area contributed by atoms with Crippen molar-refractivity contribution in [1.29, 1.82) is 0 Å². The van der Waals surface area contributed by atoms with E-state index < -0.39 is 8.32 Å². The second-order valence-electron chi connectivity index (χ2n) is 3.96. The van der Waals surface area contributed by atoms with Gasteiger partial charge in [-0.25, -0.2) is 0 Å². The molecule has 0 aliphatic carbocycles. The van der Waals surface area contributed by atoms with Crippen molar-refractivity contribution < 1.29 is 4.43 Å². The lowest BCUT2D eigenvalue weighted by Crippen LogP contribution is -2.34. The first-order valence-corrected chi connectivity index (χ1v) is 7.63. The normalized spacial score (nSPS) is 12.5. The first kappa shape index (κ1) is 11.2. The molecule has 0 aliphatic heterocycles. The van der Waals surface area contributed by atoms with Crippen molar-refractivity contribution in [2.75, 3.05) is 6.61 Å². The SMILES string of the molecule is CCCCO[Si](C)(C)C(C)C.